The van der Waals surface area contributed by atoms with E-state index in [0.29, 0.717) is 0 Å². The highest BCUT2D eigenvalue weighted by Gasteiger charge is 2.11. The molecule has 1 rings (SSSR count). The molecule has 1 heterocycles. The van der Waals surface area contributed by atoms with Crippen molar-refractivity contribution in [2.45, 2.75) is 33.1 Å². The summed E-state index contributed by atoms with van der Waals surface area (Å²) in [6, 6.07) is -0.269. The molecule has 1 fully saturated rings. The first-order chi connectivity index (χ1) is 5.30. The Morgan fingerprint density at radius 2 is 1.73 bits per heavy atom. The number of carbonyl (C=O) groups excluding carboxylic acids is 1. The highest BCUT2D eigenvalue weighted by Crippen LogP contribution is 2.06. The molecule has 68 valence electrons. The zero-order valence-corrected chi connectivity index (χ0v) is 7.47. The number of nitrogens with two attached hydrogens (primary N) is 1. The summed E-state index contributed by atoms with van der Waals surface area (Å²) in [7, 11) is 0. The van der Waals surface area contributed by atoms with Crippen LogP contribution in [0.4, 0.5) is 4.79 Å². The van der Waals surface area contributed by atoms with Crippen LogP contribution < -0.4 is 5.73 Å². The van der Waals surface area contributed by atoms with Crippen LogP contribution in [0.2, 0.25) is 0 Å². The summed E-state index contributed by atoms with van der Waals surface area (Å²) in [5, 5.41) is 0. The van der Waals surface area contributed by atoms with Gasteiger partial charge in [0, 0.05) is 14.5 Å². The van der Waals surface area contributed by atoms with Crippen molar-refractivity contribution in [2.75, 3.05) is 13.1 Å². The number of urea groups is 1. The molecule has 1 aliphatic heterocycles. The minimum Gasteiger partial charge on any atom is -0.351 e. The molecule has 0 bridgehead atoms. The molecule has 0 spiro atoms. The molecule has 0 aromatic heterocycles. The van der Waals surface area contributed by atoms with E-state index in [0.717, 1.165) is 25.9 Å². The quantitative estimate of drug-likeness (QED) is 0.577. The van der Waals surface area contributed by atoms with E-state index < -0.39 is 0 Å². The number of hydrogen-bond acceptors (Lipinski definition) is 1. The first kappa shape index (κ1) is 10.3. The molecule has 3 nitrogen and oxygen atoms in total. The third-order valence-corrected chi connectivity index (χ3v) is 1.67. The number of primary amides is 1. The largest absolute Gasteiger partial charge is 0.351 e. The van der Waals surface area contributed by atoms with Crippen LogP contribution in [-0.2, 0) is 0 Å². The van der Waals surface area contributed by atoms with Crippen LogP contribution in [0.3, 0.4) is 0 Å². The predicted molar refractivity (Wildman–Crippen MR) is 48.5 cm³/mol. The molecule has 0 aromatic carbocycles. The first-order valence-corrected chi connectivity index (χ1v) is 4.35. The molecule has 0 aromatic rings. The van der Waals surface area contributed by atoms with E-state index >= 15 is 0 Å². The summed E-state index contributed by atoms with van der Waals surface area (Å²) in [5.41, 5.74) is 5.05. The highest BCUT2D eigenvalue weighted by molar-refractivity contribution is 5.71. The van der Waals surface area contributed by atoms with Gasteiger partial charge >= 0.3 is 6.03 Å². The average Bonchev–Trinajstić information content (AvgIpc) is 2.10. The number of hydrogen-bond donors (Lipinski definition) is 1. The fourth-order valence-electron chi connectivity index (χ4n) is 1.11. The number of piperidine rings is 1. The normalized spacial score (nSPS) is 16.7. The van der Waals surface area contributed by atoms with E-state index in [1.54, 1.807) is 4.90 Å². The topological polar surface area (TPSA) is 46.3 Å². The number of amides is 2. The molecule has 0 saturated carbocycles. The maximum atomic E-state index is 10.5. The van der Waals surface area contributed by atoms with Crippen molar-refractivity contribution in [3.8, 4) is 0 Å². The molecule has 11 heavy (non-hydrogen) atoms. The van der Waals surface area contributed by atoms with Crippen LogP contribution in [0.1, 0.15) is 34.5 Å². The number of carbonyl (C=O) groups is 1. The summed E-state index contributed by atoms with van der Waals surface area (Å²) in [6.07, 6.45) is 3.47. The van der Waals surface area contributed by atoms with Crippen molar-refractivity contribution in [3.05, 3.63) is 0 Å². The van der Waals surface area contributed by atoms with Crippen LogP contribution in [0.5, 0.6) is 0 Å². The fourth-order valence-corrected chi connectivity index (χ4v) is 1.11. The Hall–Kier alpha value is -0.730. The maximum Gasteiger partial charge on any atom is 0.314 e. The van der Waals surface area contributed by atoms with Gasteiger partial charge in [-0.2, -0.15) is 0 Å². The molecule has 2 N–H and O–H groups in total. The van der Waals surface area contributed by atoms with Crippen molar-refractivity contribution in [3.63, 3.8) is 0 Å². The second kappa shape index (κ2) is 6.01. The van der Waals surface area contributed by atoms with Crippen LogP contribution in [0.25, 0.3) is 0 Å². The number of rotatable bonds is 0. The minimum atomic E-state index is -0.269. The average molecular weight is 160 g/mol. The molecule has 1 saturated heterocycles. The Morgan fingerprint density at radius 1 is 1.27 bits per heavy atom. The van der Waals surface area contributed by atoms with Crippen molar-refractivity contribution >= 4 is 6.03 Å². The van der Waals surface area contributed by atoms with Gasteiger partial charge in [0.05, 0.1) is 0 Å². The lowest BCUT2D eigenvalue weighted by atomic mass is 10.1. The third-order valence-electron chi connectivity index (χ3n) is 1.67. The lowest BCUT2D eigenvalue weighted by Crippen LogP contribution is -2.39. The minimum absolute atomic E-state index is 0. The maximum absolute atomic E-state index is 10.5. The van der Waals surface area contributed by atoms with Crippen molar-refractivity contribution in [2.24, 2.45) is 5.73 Å². The van der Waals surface area contributed by atoms with Gasteiger partial charge in [-0.3, -0.25) is 0 Å². The Balaban J connectivity index is 0. The van der Waals surface area contributed by atoms with Gasteiger partial charge in [-0.15, -0.1) is 0 Å². The van der Waals surface area contributed by atoms with E-state index in [-0.39, 0.29) is 7.46 Å². The second-order valence-electron chi connectivity index (χ2n) is 2.39. The van der Waals surface area contributed by atoms with Gasteiger partial charge in [0.15, 0.2) is 0 Å². The lowest BCUT2D eigenvalue weighted by molar-refractivity contribution is 0.196. The zero-order chi connectivity index (χ0) is 8.69. The Morgan fingerprint density at radius 3 is 2.00 bits per heavy atom. The van der Waals surface area contributed by atoms with Crippen LogP contribution in [0.15, 0.2) is 0 Å². The van der Waals surface area contributed by atoms with Gasteiger partial charge in [-0.05, 0) is 19.3 Å². The van der Waals surface area contributed by atoms with Crippen molar-refractivity contribution in [1.82, 2.24) is 4.90 Å². The molecule has 3 heteroatoms. The monoisotopic (exact) mass is 160 g/mol. The van der Waals surface area contributed by atoms with Gasteiger partial charge < -0.3 is 10.6 Å². The van der Waals surface area contributed by atoms with Crippen molar-refractivity contribution in [1.29, 1.82) is 0 Å². The molecule has 0 atom stereocenters. The highest BCUT2D eigenvalue weighted by atomic mass is 16.2. The molecular weight excluding hydrogens is 140 g/mol. The van der Waals surface area contributed by atoms with E-state index in [1.807, 2.05) is 13.8 Å². The van der Waals surface area contributed by atoms with Gasteiger partial charge in [-0.1, -0.05) is 13.8 Å². The predicted octanol–water partition coefficient (Wildman–Crippen LogP) is 1.82. The van der Waals surface area contributed by atoms with Crippen LogP contribution in [0, 0.1) is 0 Å². The third kappa shape index (κ3) is 3.86. The second-order valence-corrected chi connectivity index (χ2v) is 2.39. The van der Waals surface area contributed by atoms with Gasteiger partial charge in [0.1, 0.15) is 0 Å². The Labute approximate surface area is 70.0 Å². The standard InChI is InChI=1S/C6H12N2O.C2H6.H2/c7-6(9)8-4-2-1-3-5-8;1-2;/h1-5H2,(H2,7,9);1-2H3;1H. The molecule has 0 radical (unpaired) electrons. The summed E-state index contributed by atoms with van der Waals surface area (Å²) >= 11 is 0. The van der Waals surface area contributed by atoms with Gasteiger partial charge in [0.2, 0.25) is 0 Å². The van der Waals surface area contributed by atoms with E-state index in [2.05, 4.69) is 0 Å². The smallest absolute Gasteiger partial charge is 0.314 e. The summed E-state index contributed by atoms with van der Waals surface area (Å²) in [4.78, 5) is 12.2. The molecule has 0 unspecified atom stereocenters. The van der Waals surface area contributed by atoms with E-state index in [1.165, 1.54) is 6.42 Å². The summed E-state index contributed by atoms with van der Waals surface area (Å²) in [5.74, 6) is 0. The molecule has 1 aliphatic rings. The van der Waals surface area contributed by atoms with Crippen LogP contribution in [-0.4, -0.2) is 24.0 Å². The Bertz CT molecular complexity index is 114. The van der Waals surface area contributed by atoms with E-state index in [4.69, 9.17) is 5.73 Å². The molecular formula is C8H20N2O. The first-order valence-electron chi connectivity index (χ1n) is 4.35. The fraction of sp³-hybridized carbons (Fsp3) is 0.875. The number of likely N-dealkylation sites (tertiary alicyclic amines) is 1. The SMILES string of the molecule is CC.NC(=O)N1CCCCC1.[HH]. The van der Waals surface area contributed by atoms with Crippen LogP contribution >= 0.6 is 0 Å². The molecule has 0 aliphatic carbocycles. The molecule has 2 amide bonds. The summed E-state index contributed by atoms with van der Waals surface area (Å²) < 4.78 is 0. The number of nitrogens with zero attached hydrogens (tertiary/aromatic N) is 1. The van der Waals surface area contributed by atoms with Gasteiger partial charge in [-0.25, -0.2) is 4.79 Å². The zero-order valence-electron chi connectivity index (χ0n) is 7.47. The van der Waals surface area contributed by atoms with Crippen molar-refractivity contribution < 1.29 is 6.22 Å². The Kier molecular flexibility index (Phi) is 5.61. The van der Waals surface area contributed by atoms with Gasteiger partial charge in [0.25, 0.3) is 0 Å². The van der Waals surface area contributed by atoms with E-state index in [9.17, 15) is 4.79 Å². The lowest BCUT2D eigenvalue weighted by Gasteiger charge is -2.24. The summed E-state index contributed by atoms with van der Waals surface area (Å²) in [6.45, 7) is 5.71.